The van der Waals surface area contributed by atoms with E-state index in [-0.39, 0.29) is 52.7 Å². The van der Waals surface area contributed by atoms with E-state index in [2.05, 4.69) is 0 Å². The van der Waals surface area contributed by atoms with Crippen LogP contribution in [0.4, 0.5) is 5.69 Å². The topological polar surface area (TPSA) is 110 Å². The average Bonchev–Trinajstić information content (AvgIpc) is 2.75. The molecular formula is C24H21NO5. The molecule has 1 aliphatic carbocycles. The lowest BCUT2D eigenvalue weighted by Gasteiger charge is -2.21. The number of benzene rings is 3. The number of phenolic OH excluding ortho intramolecular Hbond substituents is 1. The Hall–Kier alpha value is -3.64. The van der Waals surface area contributed by atoms with Gasteiger partial charge in [-0.1, -0.05) is 48.5 Å². The predicted molar refractivity (Wildman–Crippen MR) is 112 cm³/mol. The van der Waals surface area contributed by atoms with Crippen molar-refractivity contribution in [2.45, 2.75) is 12.8 Å². The van der Waals surface area contributed by atoms with Crippen LogP contribution in [-0.2, 0) is 12.8 Å². The summed E-state index contributed by atoms with van der Waals surface area (Å²) in [7, 11) is 0. The molecule has 0 saturated heterocycles. The number of ether oxygens (including phenoxy) is 1. The van der Waals surface area contributed by atoms with Gasteiger partial charge in [0.15, 0.2) is 11.6 Å². The number of aromatic hydroxyl groups is 1. The first-order valence-electron chi connectivity index (χ1n) is 9.66. The van der Waals surface area contributed by atoms with E-state index in [0.29, 0.717) is 12.8 Å². The lowest BCUT2D eigenvalue weighted by molar-refractivity contribution is 0.0977. The second-order valence-electron chi connectivity index (χ2n) is 7.15. The Morgan fingerprint density at radius 1 is 0.833 bits per heavy atom. The zero-order chi connectivity index (χ0) is 21.3. The number of nitrogens with two attached hydrogens (primary N) is 1. The van der Waals surface area contributed by atoms with Gasteiger partial charge in [0.2, 0.25) is 0 Å². The molecule has 4 N–H and O–H groups in total. The Balaban J connectivity index is 1.57. The molecule has 0 aromatic heterocycles. The SMILES string of the molecule is Nc1c(OCCc2ccc(CCO)cc2)cc(O)c2c1C(=O)c1ccccc1C2=O. The molecule has 0 unspecified atom stereocenters. The second kappa shape index (κ2) is 8.00. The molecule has 0 radical (unpaired) electrons. The van der Waals surface area contributed by atoms with Crippen molar-refractivity contribution in [1.82, 2.24) is 0 Å². The molecule has 6 heteroatoms. The molecule has 3 aromatic rings. The number of nitrogen functional groups attached to an aromatic ring is 1. The molecule has 3 aromatic carbocycles. The van der Waals surface area contributed by atoms with E-state index in [1.54, 1.807) is 24.3 Å². The molecule has 4 rings (SSSR count). The molecule has 0 amide bonds. The molecule has 30 heavy (non-hydrogen) atoms. The van der Waals surface area contributed by atoms with Gasteiger partial charge in [-0.3, -0.25) is 9.59 Å². The highest BCUT2D eigenvalue weighted by Gasteiger charge is 2.35. The summed E-state index contributed by atoms with van der Waals surface area (Å²) < 4.78 is 5.75. The molecule has 152 valence electrons. The van der Waals surface area contributed by atoms with Crippen molar-refractivity contribution in [3.8, 4) is 11.5 Å². The molecule has 0 bridgehead atoms. The van der Waals surface area contributed by atoms with Crippen molar-refractivity contribution in [2.24, 2.45) is 0 Å². The van der Waals surface area contributed by atoms with Crippen molar-refractivity contribution in [3.63, 3.8) is 0 Å². The standard InChI is InChI=1S/C24H21NO5/c25-22-19(30-12-10-15-7-5-14(6-8-15)9-11-26)13-18(27)20-21(22)24(29)17-4-2-1-3-16(17)23(20)28/h1-8,13,26-27H,9-12,25H2. The monoisotopic (exact) mass is 403 g/mol. The number of hydrogen-bond acceptors (Lipinski definition) is 6. The number of phenols is 1. The minimum absolute atomic E-state index is 0.0120. The van der Waals surface area contributed by atoms with Crippen LogP contribution in [0.5, 0.6) is 11.5 Å². The smallest absolute Gasteiger partial charge is 0.198 e. The summed E-state index contributed by atoms with van der Waals surface area (Å²) in [6.45, 7) is 0.385. The number of carbonyl (C=O) groups is 2. The molecule has 0 spiro atoms. The predicted octanol–water partition coefficient (Wildman–Crippen LogP) is 2.91. The highest BCUT2D eigenvalue weighted by molar-refractivity contribution is 6.31. The number of aliphatic hydroxyl groups is 1. The van der Waals surface area contributed by atoms with Crippen molar-refractivity contribution >= 4 is 17.3 Å². The minimum atomic E-state index is -0.432. The van der Waals surface area contributed by atoms with Gasteiger partial charge in [-0.05, 0) is 17.5 Å². The number of rotatable bonds is 6. The first-order valence-corrected chi connectivity index (χ1v) is 9.66. The Morgan fingerprint density at radius 3 is 2.00 bits per heavy atom. The first-order chi connectivity index (χ1) is 14.5. The maximum atomic E-state index is 12.9. The number of hydrogen-bond donors (Lipinski definition) is 3. The Labute approximate surface area is 173 Å². The maximum Gasteiger partial charge on any atom is 0.198 e. The van der Waals surface area contributed by atoms with Crippen LogP contribution in [0, 0.1) is 0 Å². The number of aliphatic hydroxyl groups excluding tert-OH is 1. The van der Waals surface area contributed by atoms with Gasteiger partial charge < -0.3 is 20.7 Å². The largest absolute Gasteiger partial charge is 0.507 e. The Bertz CT molecular complexity index is 1140. The van der Waals surface area contributed by atoms with Crippen LogP contribution in [0.25, 0.3) is 0 Å². The summed E-state index contributed by atoms with van der Waals surface area (Å²) in [6, 6.07) is 15.6. The van der Waals surface area contributed by atoms with Gasteiger partial charge >= 0.3 is 0 Å². The summed E-state index contributed by atoms with van der Waals surface area (Å²) in [5.41, 5.74) is 8.75. The van der Waals surface area contributed by atoms with Gasteiger partial charge in [-0.2, -0.15) is 0 Å². The summed E-state index contributed by atoms with van der Waals surface area (Å²) >= 11 is 0. The zero-order valence-electron chi connectivity index (χ0n) is 16.2. The number of ketones is 2. The number of carbonyl (C=O) groups excluding carboxylic acids is 2. The molecule has 0 saturated carbocycles. The fourth-order valence-corrected chi connectivity index (χ4v) is 3.67. The summed E-state index contributed by atoms with van der Waals surface area (Å²) in [5.74, 6) is -0.990. The average molecular weight is 403 g/mol. The van der Waals surface area contributed by atoms with Crippen LogP contribution < -0.4 is 10.5 Å². The van der Waals surface area contributed by atoms with Crippen LogP contribution in [0.3, 0.4) is 0 Å². The highest BCUT2D eigenvalue weighted by atomic mass is 16.5. The van der Waals surface area contributed by atoms with Gasteiger partial charge in [0.05, 0.1) is 23.4 Å². The Morgan fingerprint density at radius 2 is 1.40 bits per heavy atom. The van der Waals surface area contributed by atoms with E-state index in [4.69, 9.17) is 15.6 Å². The minimum Gasteiger partial charge on any atom is -0.507 e. The van der Waals surface area contributed by atoms with Crippen molar-refractivity contribution in [2.75, 3.05) is 18.9 Å². The Kier molecular flexibility index (Phi) is 5.25. The summed E-state index contributed by atoms with van der Waals surface area (Å²) in [6.07, 6.45) is 1.20. The van der Waals surface area contributed by atoms with Crippen LogP contribution >= 0.6 is 0 Å². The van der Waals surface area contributed by atoms with Crippen molar-refractivity contribution < 1.29 is 24.5 Å². The van der Waals surface area contributed by atoms with Crippen molar-refractivity contribution in [3.05, 3.63) is 88.0 Å². The van der Waals surface area contributed by atoms with Crippen LogP contribution in [0.1, 0.15) is 43.0 Å². The van der Waals surface area contributed by atoms with E-state index >= 15 is 0 Å². The second-order valence-corrected chi connectivity index (χ2v) is 7.15. The lowest BCUT2D eigenvalue weighted by Crippen LogP contribution is -2.23. The molecule has 6 nitrogen and oxygen atoms in total. The molecule has 0 aliphatic heterocycles. The third kappa shape index (κ3) is 3.42. The van der Waals surface area contributed by atoms with Gasteiger partial charge in [0, 0.05) is 30.2 Å². The fraction of sp³-hybridized carbons (Fsp3) is 0.167. The highest BCUT2D eigenvalue weighted by Crippen LogP contribution is 2.41. The first kappa shape index (κ1) is 19.7. The molecular weight excluding hydrogens is 382 g/mol. The number of anilines is 1. The summed E-state index contributed by atoms with van der Waals surface area (Å²) in [4.78, 5) is 25.7. The van der Waals surface area contributed by atoms with Crippen molar-refractivity contribution in [1.29, 1.82) is 0 Å². The van der Waals surface area contributed by atoms with E-state index < -0.39 is 11.6 Å². The van der Waals surface area contributed by atoms with Crippen LogP contribution in [-0.4, -0.2) is 35.0 Å². The van der Waals surface area contributed by atoms with E-state index in [1.807, 2.05) is 24.3 Å². The third-order valence-corrected chi connectivity index (χ3v) is 5.25. The number of fused-ring (bicyclic) bond motifs is 2. The van der Waals surface area contributed by atoms with Gasteiger partial charge in [-0.15, -0.1) is 0 Å². The van der Waals surface area contributed by atoms with Gasteiger partial charge in [-0.25, -0.2) is 0 Å². The lowest BCUT2D eigenvalue weighted by atomic mass is 9.82. The molecule has 0 heterocycles. The zero-order valence-corrected chi connectivity index (χ0v) is 16.2. The quantitative estimate of drug-likeness (QED) is 0.337. The molecule has 1 aliphatic rings. The van der Waals surface area contributed by atoms with Crippen LogP contribution in [0.2, 0.25) is 0 Å². The third-order valence-electron chi connectivity index (χ3n) is 5.25. The van der Waals surface area contributed by atoms with Crippen LogP contribution in [0.15, 0.2) is 54.6 Å². The van der Waals surface area contributed by atoms with Gasteiger partial charge in [0.1, 0.15) is 11.5 Å². The maximum absolute atomic E-state index is 12.9. The van der Waals surface area contributed by atoms with E-state index in [9.17, 15) is 14.7 Å². The van der Waals surface area contributed by atoms with E-state index in [1.165, 1.54) is 6.07 Å². The molecule has 0 atom stereocenters. The normalized spacial score (nSPS) is 12.4. The molecule has 0 fully saturated rings. The fourth-order valence-electron chi connectivity index (χ4n) is 3.67. The summed E-state index contributed by atoms with van der Waals surface area (Å²) in [5, 5.41) is 19.4. The van der Waals surface area contributed by atoms with Gasteiger partial charge in [0.25, 0.3) is 0 Å². The van der Waals surface area contributed by atoms with E-state index in [0.717, 1.165) is 11.1 Å².